The number of amides is 1. The Balaban J connectivity index is 1.91. The first-order chi connectivity index (χ1) is 13.7. The summed E-state index contributed by atoms with van der Waals surface area (Å²) < 4.78 is 28.6. The van der Waals surface area contributed by atoms with Crippen LogP contribution in [0.25, 0.3) is 0 Å². The van der Waals surface area contributed by atoms with Crippen molar-refractivity contribution in [1.29, 1.82) is 0 Å². The summed E-state index contributed by atoms with van der Waals surface area (Å²) in [6.45, 7) is 5.46. The zero-order chi connectivity index (χ0) is 21.2. The smallest absolute Gasteiger partial charge is 0.262 e. The molecule has 0 atom stereocenters. The molecule has 1 amide bonds. The monoisotopic (exact) mass is 428 g/mol. The second-order valence-electron chi connectivity index (χ2n) is 6.80. The fourth-order valence-corrected chi connectivity index (χ4v) is 4.45. The number of sulfonamides is 1. The lowest BCUT2D eigenvalue weighted by molar-refractivity contribution is 0.102. The highest BCUT2D eigenvalue weighted by atomic mass is 35.5. The summed E-state index contributed by atoms with van der Waals surface area (Å²) >= 11 is 5.94. The van der Waals surface area contributed by atoms with Crippen LogP contribution >= 0.6 is 11.6 Å². The minimum Gasteiger partial charge on any atom is -0.322 e. The Hall–Kier alpha value is -2.83. The molecule has 0 aliphatic carbocycles. The van der Waals surface area contributed by atoms with Gasteiger partial charge in [0.2, 0.25) is 0 Å². The van der Waals surface area contributed by atoms with Crippen LogP contribution in [0.1, 0.15) is 27.0 Å². The summed E-state index contributed by atoms with van der Waals surface area (Å²) in [5.74, 6) is -0.421. The molecule has 3 rings (SSSR count). The number of halogens is 1. The van der Waals surface area contributed by atoms with Gasteiger partial charge in [-0.05, 0) is 73.9 Å². The number of hydrogen-bond acceptors (Lipinski definition) is 3. The van der Waals surface area contributed by atoms with E-state index in [0.717, 1.165) is 11.1 Å². The van der Waals surface area contributed by atoms with Crippen LogP contribution in [0, 0.1) is 20.8 Å². The number of aryl methyl sites for hydroxylation is 2. The summed E-state index contributed by atoms with van der Waals surface area (Å²) in [6, 6.07) is 16.8. The van der Waals surface area contributed by atoms with Crippen LogP contribution in [0.2, 0.25) is 5.02 Å². The standard InChI is InChI=1S/C22H21ClN2O3S/c1-14-6-4-9-20(16(14)3)25-29(27,28)21-12-17(11-10-15(21)2)22(26)24-19-8-5-7-18(23)13-19/h4-13,25H,1-3H3,(H,24,26). The lowest BCUT2D eigenvalue weighted by atomic mass is 10.1. The van der Waals surface area contributed by atoms with Crippen molar-refractivity contribution in [3.8, 4) is 0 Å². The van der Waals surface area contributed by atoms with Gasteiger partial charge in [0.25, 0.3) is 15.9 Å². The molecular weight excluding hydrogens is 408 g/mol. The van der Waals surface area contributed by atoms with E-state index in [9.17, 15) is 13.2 Å². The molecule has 29 heavy (non-hydrogen) atoms. The average molecular weight is 429 g/mol. The summed E-state index contributed by atoms with van der Waals surface area (Å²) in [5.41, 5.74) is 3.65. The predicted molar refractivity (Wildman–Crippen MR) is 117 cm³/mol. The van der Waals surface area contributed by atoms with Crippen LogP contribution in [0.3, 0.4) is 0 Å². The molecule has 0 saturated carbocycles. The van der Waals surface area contributed by atoms with Gasteiger partial charge in [0.05, 0.1) is 10.6 Å². The number of benzene rings is 3. The Labute approximate surface area is 175 Å². The van der Waals surface area contributed by atoms with Crippen LogP contribution in [-0.2, 0) is 10.0 Å². The minimum atomic E-state index is -3.87. The lowest BCUT2D eigenvalue weighted by Crippen LogP contribution is -2.17. The largest absolute Gasteiger partial charge is 0.322 e. The first kappa shape index (κ1) is 20.9. The molecule has 0 fully saturated rings. The molecular formula is C22H21ClN2O3S. The Kier molecular flexibility index (Phi) is 5.96. The van der Waals surface area contributed by atoms with Crippen LogP contribution in [0.15, 0.2) is 65.6 Å². The second kappa shape index (κ2) is 8.27. The van der Waals surface area contributed by atoms with E-state index in [1.807, 2.05) is 19.9 Å². The predicted octanol–water partition coefficient (Wildman–Crippen LogP) is 5.32. The van der Waals surface area contributed by atoms with E-state index in [0.29, 0.717) is 22.0 Å². The van der Waals surface area contributed by atoms with Gasteiger partial charge in [0.15, 0.2) is 0 Å². The van der Waals surface area contributed by atoms with E-state index in [1.165, 1.54) is 6.07 Å². The van der Waals surface area contributed by atoms with Gasteiger partial charge in [-0.25, -0.2) is 8.42 Å². The van der Waals surface area contributed by atoms with Crippen molar-refractivity contribution >= 4 is 38.9 Å². The zero-order valence-electron chi connectivity index (χ0n) is 16.3. The fourth-order valence-electron chi connectivity index (χ4n) is 2.86. The first-order valence-corrected chi connectivity index (χ1v) is 10.8. The van der Waals surface area contributed by atoms with E-state index >= 15 is 0 Å². The number of rotatable bonds is 5. The number of carbonyl (C=O) groups is 1. The number of carbonyl (C=O) groups excluding carboxylic acids is 1. The van der Waals surface area contributed by atoms with Gasteiger partial charge < -0.3 is 5.32 Å². The Morgan fingerprint density at radius 1 is 0.897 bits per heavy atom. The van der Waals surface area contributed by atoms with Crippen molar-refractivity contribution in [2.24, 2.45) is 0 Å². The van der Waals surface area contributed by atoms with Gasteiger partial charge in [-0.1, -0.05) is 35.9 Å². The van der Waals surface area contributed by atoms with E-state index < -0.39 is 15.9 Å². The third kappa shape index (κ3) is 4.78. The van der Waals surface area contributed by atoms with E-state index in [2.05, 4.69) is 10.0 Å². The van der Waals surface area contributed by atoms with Crippen LogP contribution in [0.4, 0.5) is 11.4 Å². The summed E-state index contributed by atoms with van der Waals surface area (Å²) in [4.78, 5) is 12.7. The molecule has 3 aromatic rings. The molecule has 0 aromatic heterocycles. The van der Waals surface area contributed by atoms with E-state index in [1.54, 1.807) is 55.5 Å². The topological polar surface area (TPSA) is 75.3 Å². The van der Waals surface area contributed by atoms with Crippen molar-refractivity contribution in [1.82, 2.24) is 0 Å². The molecule has 0 saturated heterocycles. The average Bonchev–Trinajstić information content (AvgIpc) is 2.65. The number of anilines is 2. The van der Waals surface area contributed by atoms with Crippen molar-refractivity contribution in [3.05, 3.63) is 87.9 Å². The van der Waals surface area contributed by atoms with Crippen LogP contribution in [-0.4, -0.2) is 14.3 Å². The molecule has 5 nitrogen and oxygen atoms in total. The maximum absolute atomic E-state index is 13.0. The van der Waals surface area contributed by atoms with Crippen molar-refractivity contribution < 1.29 is 13.2 Å². The van der Waals surface area contributed by atoms with E-state index in [-0.39, 0.29) is 10.5 Å². The Morgan fingerprint density at radius 3 is 2.34 bits per heavy atom. The molecule has 0 radical (unpaired) electrons. The van der Waals surface area contributed by atoms with Crippen molar-refractivity contribution in [2.45, 2.75) is 25.7 Å². The molecule has 0 aliphatic rings. The first-order valence-electron chi connectivity index (χ1n) is 8.94. The molecule has 0 aliphatic heterocycles. The fraction of sp³-hybridized carbons (Fsp3) is 0.136. The quantitative estimate of drug-likeness (QED) is 0.577. The maximum Gasteiger partial charge on any atom is 0.262 e. The molecule has 7 heteroatoms. The second-order valence-corrected chi connectivity index (χ2v) is 8.88. The molecule has 2 N–H and O–H groups in total. The summed E-state index contributed by atoms with van der Waals surface area (Å²) in [5, 5.41) is 3.22. The molecule has 0 bridgehead atoms. The van der Waals surface area contributed by atoms with Gasteiger partial charge in [0.1, 0.15) is 0 Å². The van der Waals surface area contributed by atoms with Crippen molar-refractivity contribution in [3.63, 3.8) is 0 Å². The Bertz CT molecular complexity index is 1190. The minimum absolute atomic E-state index is 0.0529. The molecule has 0 heterocycles. The summed E-state index contributed by atoms with van der Waals surface area (Å²) in [7, 11) is -3.87. The number of nitrogens with one attached hydrogen (secondary N) is 2. The molecule has 3 aromatic carbocycles. The van der Waals surface area contributed by atoms with Gasteiger partial charge >= 0.3 is 0 Å². The van der Waals surface area contributed by atoms with Crippen LogP contribution < -0.4 is 10.0 Å². The van der Waals surface area contributed by atoms with Gasteiger partial charge in [-0.2, -0.15) is 0 Å². The van der Waals surface area contributed by atoms with E-state index in [4.69, 9.17) is 11.6 Å². The van der Waals surface area contributed by atoms with Gasteiger partial charge in [0, 0.05) is 16.3 Å². The third-order valence-electron chi connectivity index (χ3n) is 4.67. The SMILES string of the molecule is Cc1ccc(C(=O)Nc2cccc(Cl)c2)cc1S(=O)(=O)Nc1cccc(C)c1C. The van der Waals surface area contributed by atoms with Crippen LogP contribution in [0.5, 0.6) is 0 Å². The molecule has 150 valence electrons. The molecule has 0 unspecified atom stereocenters. The number of hydrogen-bond donors (Lipinski definition) is 2. The highest BCUT2D eigenvalue weighted by molar-refractivity contribution is 7.92. The maximum atomic E-state index is 13.0. The van der Waals surface area contributed by atoms with Gasteiger partial charge in [-0.15, -0.1) is 0 Å². The highest BCUT2D eigenvalue weighted by Crippen LogP contribution is 2.25. The zero-order valence-corrected chi connectivity index (χ0v) is 17.9. The van der Waals surface area contributed by atoms with Gasteiger partial charge in [-0.3, -0.25) is 9.52 Å². The molecule has 0 spiro atoms. The highest BCUT2D eigenvalue weighted by Gasteiger charge is 2.20. The lowest BCUT2D eigenvalue weighted by Gasteiger charge is -2.14. The normalized spacial score (nSPS) is 11.2. The summed E-state index contributed by atoms with van der Waals surface area (Å²) in [6.07, 6.45) is 0. The third-order valence-corrected chi connectivity index (χ3v) is 6.41. The Morgan fingerprint density at radius 2 is 1.62 bits per heavy atom. The van der Waals surface area contributed by atoms with Crippen molar-refractivity contribution in [2.75, 3.05) is 10.0 Å².